The van der Waals surface area contributed by atoms with E-state index < -0.39 is 11.9 Å². The number of carbonyl (C=O) groups is 1. The second-order valence-corrected chi connectivity index (χ2v) is 4.66. The van der Waals surface area contributed by atoms with Crippen molar-refractivity contribution in [2.24, 2.45) is 0 Å². The minimum atomic E-state index is -0.855. The number of nitrogens with zero attached hydrogens (tertiary/aromatic N) is 1. The van der Waals surface area contributed by atoms with Crippen molar-refractivity contribution < 1.29 is 9.90 Å². The highest BCUT2D eigenvalue weighted by Gasteiger charge is 2.22. The number of aromatic nitrogens is 1. The lowest BCUT2D eigenvalue weighted by Crippen LogP contribution is -2.13. The number of hydrogen-bond donors (Lipinski definition) is 1. The Morgan fingerprint density at radius 3 is 2.30 bits per heavy atom. The zero-order valence-corrected chi connectivity index (χ0v) is 10.7. The molecule has 3 aromatic rings. The van der Waals surface area contributed by atoms with E-state index in [1.165, 1.54) is 0 Å². The molecular weight excluding hydrogens is 250 g/mol. The lowest BCUT2D eigenvalue weighted by molar-refractivity contribution is -0.137. The van der Waals surface area contributed by atoms with Crippen LogP contribution in [0.4, 0.5) is 0 Å². The maximum atomic E-state index is 11.6. The second kappa shape index (κ2) is 5.13. The van der Waals surface area contributed by atoms with Crippen molar-refractivity contribution in [3.8, 4) is 0 Å². The van der Waals surface area contributed by atoms with Crippen molar-refractivity contribution in [3.05, 3.63) is 78.1 Å². The first-order valence-corrected chi connectivity index (χ1v) is 6.37. The van der Waals surface area contributed by atoms with Gasteiger partial charge in [0.25, 0.3) is 0 Å². The fourth-order valence-electron chi connectivity index (χ4n) is 2.42. The molecule has 0 aliphatic carbocycles. The van der Waals surface area contributed by atoms with Gasteiger partial charge >= 0.3 is 5.97 Å². The average molecular weight is 263 g/mol. The van der Waals surface area contributed by atoms with Gasteiger partial charge in [-0.05, 0) is 40.1 Å². The zero-order valence-electron chi connectivity index (χ0n) is 10.7. The van der Waals surface area contributed by atoms with Crippen LogP contribution in [0.25, 0.3) is 10.8 Å². The minimum absolute atomic E-state index is 0.664. The first kappa shape index (κ1) is 12.4. The fourth-order valence-corrected chi connectivity index (χ4v) is 2.42. The molecule has 3 heteroatoms. The summed E-state index contributed by atoms with van der Waals surface area (Å²) in [7, 11) is 0. The summed E-state index contributed by atoms with van der Waals surface area (Å²) in [5, 5.41) is 11.7. The van der Waals surface area contributed by atoms with Crippen molar-refractivity contribution >= 4 is 16.7 Å². The van der Waals surface area contributed by atoms with Gasteiger partial charge in [0.2, 0.25) is 0 Å². The summed E-state index contributed by atoms with van der Waals surface area (Å²) >= 11 is 0. The van der Waals surface area contributed by atoms with Crippen molar-refractivity contribution in [2.45, 2.75) is 5.92 Å². The molecule has 0 radical (unpaired) electrons. The maximum Gasteiger partial charge on any atom is 0.315 e. The third kappa shape index (κ3) is 2.26. The van der Waals surface area contributed by atoms with E-state index in [9.17, 15) is 9.90 Å². The van der Waals surface area contributed by atoms with Crippen LogP contribution in [0.2, 0.25) is 0 Å². The molecule has 0 fully saturated rings. The van der Waals surface area contributed by atoms with E-state index in [1.54, 1.807) is 24.5 Å². The van der Waals surface area contributed by atoms with Gasteiger partial charge < -0.3 is 5.11 Å². The van der Waals surface area contributed by atoms with E-state index in [1.807, 2.05) is 42.5 Å². The molecule has 1 heterocycles. The standard InChI is InChI=1S/C17H13NO2/c19-17(20)16(13-7-9-18-10-8-13)15-6-5-12-3-1-2-4-14(12)11-15/h1-11,16H,(H,19,20). The number of rotatable bonds is 3. The van der Waals surface area contributed by atoms with E-state index >= 15 is 0 Å². The molecule has 0 saturated heterocycles. The zero-order chi connectivity index (χ0) is 13.9. The molecule has 0 spiro atoms. The van der Waals surface area contributed by atoms with Crippen LogP contribution in [0, 0.1) is 0 Å². The lowest BCUT2D eigenvalue weighted by atomic mass is 9.90. The summed E-state index contributed by atoms with van der Waals surface area (Å²) in [5.74, 6) is -1.52. The molecule has 0 aliphatic heterocycles. The van der Waals surface area contributed by atoms with Crippen LogP contribution in [0.5, 0.6) is 0 Å². The molecular formula is C17H13NO2. The first-order chi connectivity index (χ1) is 9.75. The Bertz CT molecular complexity index is 753. The maximum absolute atomic E-state index is 11.6. The quantitative estimate of drug-likeness (QED) is 0.787. The molecule has 1 unspecified atom stereocenters. The Morgan fingerprint density at radius 1 is 0.900 bits per heavy atom. The number of hydrogen-bond acceptors (Lipinski definition) is 2. The highest BCUT2D eigenvalue weighted by molar-refractivity contribution is 5.86. The Kier molecular flexibility index (Phi) is 3.17. The minimum Gasteiger partial charge on any atom is -0.481 e. The van der Waals surface area contributed by atoms with Crippen molar-refractivity contribution in [2.75, 3.05) is 0 Å². The highest BCUT2D eigenvalue weighted by atomic mass is 16.4. The Labute approximate surface area is 116 Å². The number of aliphatic carboxylic acids is 1. The van der Waals surface area contributed by atoms with Crippen molar-refractivity contribution in [3.63, 3.8) is 0 Å². The molecule has 98 valence electrons. The molecule has 1 N–H and O–H groups in total. The molecule has 0 aliphatic rings. The molecule has 3 rings (SSSR count). The van der Waals surface area contributed by atoms with Gasteiger partial charge in [-0.2, -0.15) is 0 Å². The fraction of sp³-hybridized carbons (Fsp3) is 0.0588. The predicted molar refractivity (Wildman–Crippen MR) is 77.7 cm³/mol. The predicted octanol–water partition coefficient (Wildman–Crippen LogP) is 3.45. The summed E-state index contributed by atoms with van der Waals surface area (Å²) in [6.45, 7) is 0. The van der Waals surface area contributed by atoms with Crippen LogP contribution in [0.15, 0.2) is 67.0 Å². The van der Waals surface area contributed by atoms with Gasteiger partial charge in [0.05, 0.1) is 0 Å². The number of pyridine rings is 1. The summed E-state index contributed by atoms with van der Waals surface area (Å²) in [6, 6.07) is 17.2. The van der Waals surface area contributed by atoms with Crippen molar-refractivity contribution in [1.82, 2.24) is 4.98 Å². The Balaban J connectivity index is 2.13. The van der Waals surface area contributed by atoms with Gasteiger partial charge in [0, 0.05) is 12.4 Å². The Morgan fingerprint density at radius 2 is 1.60 bits per heavy atom. The molecule has 1 atom stereocenters. The van der Waals surface area contributed by atoms with Crippen LogP contribution in [-0.4, -0.2) is 16.1 Å². The van der Waals surface area contributed by atoms with Crippen LogP contribution < -0.4 is 0 Å². The van der Waals surface area contributed by atoms with Gasteiger partial charge in [-0.15, -0.1) is 0 Å². The first-order valence-electron chi connectivity index (χ1n) is 6.37. The molecule has 20 heavy (non-hydrogen) atoms. The summed E-state index contributed by atoms with van der Waals surface area (Å²) in [6.07, 6.45) is 3.23. The van der Waals surface area contributed by atoms with E-state index in [0.29, 0.717) is 0 Å². The van der Waals surface area contributed by atoms with Crippen LogP contribution in [0.1, 0.15) is 17.0 Å². The van der Waals surface area contributed by atoms with Crippen LogP contribution in [-0.2, 0) is 4.79 Å². The largest absolute Gasteiger partial charge is 0.481 e. The van der Waals surface area contributed by atoms with Gasteiger partial charge in [-0.1, -0.05) is 36.4 Å². The average Bonchev–Trinajstić information content (AvgIpc) is 2.48. The number of benzene rings is 2. The lowest BCUT2D eigenvalue weighted by Gasteiger charge is -2.13. The van der Waals surface area contributed by atoms with Crippen molar-refractivity contribution in [1.29, 1.82) is 0 Å². The van der Waals surface area contributed by atoms with E-state index in [0.717, 1.165) is 21.9 Å². The summed E-state index contributed by atoms with van der Waals surface area (Å²) in [5.41, 5.74) is 1.52. The topological polar surface area (TPSA) is 50.2 Å². The summed E-state index contributed by atoms with van der Waals surface area (Å²) in [4.78, 5) is 15.6. The third-order valence-corrected chi connectivity index (χ3v) is 3.39. The van der Waals surface area contributed by atoms with E-state index in [-0.39, 0.29) is 0 Å². The van der Waals surface area contributed by atoms with Gasteiger partial charge in [0.15, 0.2) is 0 Å². The van der Waals surface area contributed by atoms with E-state index in [4.69, 9.17) is 0 Å². The van der Waals surface area contributed by atoms with Crippen LogP contribution in [0.3, 0.4) is 0 Å². The Hall–Kier alpha value is -2.68. The molecule has 0 bridgehead atoms. The number of fused-ring (bicyclic) bond motifs is 1. The smallest absolute Gasteiger partial charge is 0.315 e. The number of carboxylic acids is 1. The summed E-state index contributed by atoms with van der Waals surface area (Å²) < 4.78 is 0. The molecule has 2 aromatic carbocycles. The van der Waals surface area contributed by atoms with Crippen LogP contribution >= 0.6 is 0 Å². The monoisotopic (exact) mass is 263 g/mol. The van der Waals surface area contributed by atoms with E-state index in [2.05, 4.69) is 4.98 Å². The molecule has 1 aromatic heterocycles. The second-order valence-electron chi connectivity index (χ2n) is 4.66. The molecule has 3 nitrogen and oxygen atoms in total. The van der Waals surface area contributed by atoms with Gasteiger partial charge in [-0.25, -0.2) is 0 Å². The van der Waals surface area contributed by atoms with Gasteiger partial charge in [-0.3, -0.25) is 9.78 Å². The normalized spacial score (nSPS) is 12.2. The molecule has 0 amide bonds. The van der Waals surface area contributed by atoms with Gasteiger partial charge in [0.1, 0.15) is 5.92 Å². The highest BCUT2D eigenvalue weighted by Crippen LogP contribution is 2.27. The third-order valence-electron chi connectivity index (χ3n) is 3.39. The number of carboxylic acid groups (broad SMARTS) is 1. The SMILES string of the molecule is O=C(O)C(c1ccncc1)c1ccc2ccccc2c1. The molecule has 0 saturated carbocycles.